The van der Waals surface area contributed by atoms with Crippen molar-refractivity contribution >= 4 is 5.97 Å². The molecule has 0 aromatic heterocycles. The van der Waals surface area contributed by atoms with E-state index in [1.807, 2.05) is 24.3 Å². The number of carbonyl (C=O) groups is 1. The smallest absolute Gasteiger partial charge is 0.307 e. The fraction of sp³-hybridized carbons (Fsp3) is 0.588. The third-order valence-electron chi connectivity index (χ3n) is 4.58. The molecule has 1 fully saturated rings. The van der Waals surface area contributed by atoms with Gasteiger partial charge in [-0.25, -0.2) is 0 Å². The summed E-state index contributed by atoms with van der Waals surface area (Å²) in [5.74, 6) is -0.0572. The molecule has 116 valence electrons. The summed E-state index contributed by atoms with van der Waals surface area (Å²) in [4.78, 5) is 10.7. The summed E-state index contributed by atoms with van der Waals surface area (Å²) in [5, 5.41) is 22.0. The lowest BCUT2D eigenvalue weighted by atomic mass is 9.77. The first kappa shape index (κ1) is 16.0. The molecular weight excluding hydrogens is 266 g/mol. The summed E-state index contributed by atoms with van der Waals surface area (Å²) in [6.45, 7) is 3.15. The zero-order valence-electron chi connectivity index (χ0n) is 12.6. The lowest BCUT2D eigenvalue weighted by molar-refractivity contribution is -0.136. The standard InChI is InChI=1S/C17H25NO3/c1-13-6-8-17(12-19,9-7-13)18-11-15-4-2-14(3-5-15)10-16(20)21/h2-5,13,18-19H,6-12H2,1H3,(H,20,21). The van der Waals surface area contributed by atoms with Gasteiger partial charge in [0.05, 0.1) is 13.0 Å². The molecule has 21 heavy (non-hydrogen) atoms. The predicted molar refractivity (Wildman–Crippen MR) is 82.1 cm³/mol. The lowest BCUT2D eigenvalue weighted by Gasteiger charge is -2.39. The van der Waals surface area contributed by atoms with E-state index in [2.05, 4.69) is 12.2 Å². The van der Waals surface area contributed by atoms with E-state index in [9.17, 15) is 9.90 Å². The van der Waals surface area contributed by atoms with Crippen LogP contribution in [0.15, 0.2) is 24.3 Å². The zero-order chi connectivity index (χ0) is 15.3. The van der Waals surface area contributed by atoms with Gasteiger partial charge in [-0.05, 0) is 42.7 Å². The predicted octanol–water partition coefficient (Wildman–Crippen LogP) is 2.34. The number of carboxylic acid groups (broad SMARTS) is 1. The van der Waals surface area contributed by atoms with Crippen molar-refractivity contribution in [2.75, 3.05) is 6.61 Å². The number of hydrogen-bond acceptors (Lipinski definition) is 3. The van der Waals surface area contributed by atoms with Crippen LogP contribution in [-0.2, 0) is 17.8 Å². The van der Waals surface area contributed by atoms with Gasteiger partial charge in [-0.15, -0.1) is 0 Å². The first-order valence-electron chi connectivity index (χ1n) is 7.68. The Kier molecular flexibility index (Phi) is 5.37. The number of aliphatic hydroxyl groups is 1. The molecule has 0 aliphatic heterocycles. The van der Waals surface area contributed by atoms with Crippen LogP contribution in [0.25, 0.3) is 0 Å². The van der Waals surface area contributed by atoms with Gasteiger partial charge in [-0.3, -0.25) is 4.79 Å². The molecule has 0 spiro atoms. The largest absolute Gasteiger partial charge is 0.481 e. The Morgan fingerprint density at radius 3 is 2.33 bits per heavy atom. The molecule has 0 heterocycles. The van der Waals surface area contributed by atoms with E-state index >= 15 is 0 Å². The lowest BCUT2D eigenvalue weighted by Crippen LogP contribution is -2.50. The molecule has 1 aromatic carbocycles. The topological polar surface area (TPSA) is 69.6 Å². The average molecular weight is 291 g/mol. The summed E-state index contributed by atoms with van der Waals surface area (Å²) in [6, 6.07) is 7.64. The minimum Gasteiger partial charge on any atom is -0.481 e. The number of nitrogens with one attached hydrogen (secondary N) is 1. The van der Waals surface area contributed by atoms with Gasteiger partial charge in [0.2, 0.25) is 0 Å². The number of aliphatic carboxylic acids is 1. The first-order valence-corrected chi connectivity index (χ1v) is 7.68. The van der Waals surface area contributed by atoms with Crippen molar-refractivity contribution in [1.29, 1.82) is 0 Å². The molecule has 0 atom stereocenters. The summed E-state index contributed by atoms with van der Waals surface area (Å²) in [5.41, 5.74) is 1.79. The van der Waals surface area contributed by atoms with E-state index in [4.69, 9.17) is 5.11 Å². The monoisotopic (exact) mass is 291 g/mol. The summed E-state index contributed by atoms with van der Waals surface area (Å²) in [7, 11) is 0. The Morgan fingerprint density at radius 1 is 1.24 bits per heavy atom. The van der Waals surface area contributed by atoms with E-state index in [0.717, 1.165) is 42.7 Å². The van der Waals surface area contributed by atoms with Crippen LogP contribution < -0.4 is 5.32 Å². The Bertz CT molecular complexity index is 461. The molecule has 0 bridgehead atoms. The van der Waals surface area contributed by atoms with Crippen molar-refractivity contribution in [3.63, 3.8) is 0 Å². The molecule has 1 aromatic rings. The van der Waals surface area contributed by atoms with Crippen LogP contribution in [0.3, 0.4) is 0 Å². The van der Waals surface area contributed by atoms with Gasteiger partial charge in [0.15, 0.2) is 0 Å². The van der Waals surface area contributed by atoms with Gasteiger partial charge < -0.3 is 15.5 Å². The van der Waals surface area contributed by atoms with Crippen molar-refractivity contribution in [3.8, 4) is 0 Å². The van der Waals surface area contributed by atoms with Gasteiger partial charge in [0.25, 0.3) is 0 Å². The van der Waals surface area contributed by atoms with Crippen molar-refractivity contribution in [1.82, 2.24) is 5.32 Å². The van der Waals surface area contributed by atoms with Crippen molar-refractivity contribution in [3.05, 3.63) is 35.4 Å². The molecule has 0 amide bonds. The van der Waals surface area contributed by atoms with E-state index in [1.165, 1.54) is 0 Å². The number of carboxylic acids is 1. The highest BCUT2D eigenvalue weighted by molar-refractivity contribution is 5.70. The summed E-state index contributed by atoms with van der Waals surface area (Å²) in [6.07, 6.45) is 4.41. The maximum absolute atomic E-state index is 10.7. The second-order valence-corrected chi connectivity index (χ2v) is 6.36. The van der Waals surface area contributed by atoms with Crippen LogP contribution in [0.4, 0.5) is 0 Å². The average Bonchev–Trinajstić information content (AvgIpc) is 2.48. The van der Waals surface area contributed by atoms with Crippen molar-refractivity contribution < 1.29 is 15.0 Å². The number of hydrogen-bond donors (Lipinski definition) is 3. The van der Waals surface area contributed by atoms with Crippen LogP contribution in [-0.4, -0.2) is 28.3 Å². The zero-order valence-corrected chi connectivity index (χ0v) is 12.6. The van der Waals surface area contributed by atoms with Crippen molar-refractivity contribution in [2.24, 2.45) is 5.92 Å². The van der Waals surface area contributed by atoms with Crippen LogP contribution in [0, 0.1) is 5.92 Å². The molecule has 1 aliphatic carbocycles. The molecule has 0 saturated heterocycles. The fourth-order valence-corrected chi connectivity index (χ4v) is 2.94. The molecular formula is C17H25NO3. The maximum Gasteiger partial charge on any atom is 0.307 e. The number of benzene rings is 1. The van der Waals surface area contributed by atoms with Crippen LogP contribution >= 0.6 is 0 Å². The fourth-order valence-electron chi connectivity index (χ4n) is 2.94. The third kappa shape index (κ3) is 4.55. The van der Waals surface area contributed by atoms with Gasteiger partial charge >= 0.3 is 5.97 Å². The Morgan fingerprint density at radius 2 is 1.81 bits per heavy atom. The van der Waals surface area contributed by atoms with E-state index < -0.39 is 5.97 Å². The van der Waals surface area contributed by atoms with E-state index in [1.54, 1.807) is 0 Å². The quantitative estimate of drug-likeness (QED) is 0.752. The van der Waals surface area contributed by atoms with Gasteiger partial charge in [-0.2, -0.15) is 0 Å². The molecule has 0 radical (unpaired) electrons. The highest BCUT2D eigenvalue weighted by Crippen LogP contribution is 2.31. The Labute approximate surface area is 126 Å². The highest BCUT2D eigenvalue weighted by atomic mass is 16.4. The second-order valence-electron chi connectivity index (χ2n) is 6.36. The van der Waals surface area contributed by atoms with Crippen LogP contribution in [0.5, 0.6) is 0 Å². The van der Waals surface area contributed by atoms with Gasteiger partial charge in [0.1, 0.15) is 0 Å². The molecule has 4 heteroatoms. The maximum atomic E-state index is 10.7. The minimum atomic E-state index is -0.809. The normalized spacial score (nSPS) is 25.7. The minimum absolute atomic E-state index is 0.0617. The molecule has 3 N–H and O–H groups in total. The van der Waals surface area contributed by atoms with Crippen molar-refractivity contribution in [2.45, 2.75) is 51.1 Å². The van der Waals surface area contributed by atoms with Crippen LogP contribution in [0.1, 0.15) is 43.7 Å². The number of aliphatic hydroxyl groups excluding tert-OH is 1. The first-order chi connectivity index (χ1) is 10.0. The molecule has 0 unspecified atom stereocenters. The molecule has 2 rings (SSSR count). The summed E-state index contributed by atoms with van der Waals surface area (Å²) < 4.78 is 0. The molecule has 1 saturated carbocycles. The van der Waals surface area contributed by atoms with Gasteiger partial charge in [0, 0.05) is 12.1 Å². The molecule has 1 aliphatic rings. The Hall–Kier alpha value is -1.39. The number of rotatable bonds is 6. The van der Waals surface area contributed by atoms with E-state index in [-0.39, 0.29) is 18.6 Å². The van der Waals surface area contributed by atoms with E-state index in [0.29, 0.717) is 6.54 Å². The third-order valence-corrected chi connectivity index (χ3v) is 4.58. The van der Waals surface area contributed by atoms with Gasteiger partial charge in [-0.1, -0.05) is 31.2 Å². The summed E-state index contributed by atoms with van der Waals surface area (Å²) >= 11 is 0. The Balaban J connectivity index is 1.90. The SMILES string of the molecule is CC1CCC(CO)(NCc2ccc(CC(=O)O)cc2)CC1. The highest BCUT2D eigenvalue weighted by Gasteiger charge is 2.32. The van der Waals surface area contributed by atoms with Crippen LogP contribution in [0.2, 0.25) is 0 Å². The molecule has 4 nitrogen and oxygen atoms in total. The second kappa shape index (κ2) is 7.05.